The highest BCUT2D eigenvalue weighted by Crippen LogP contribution is 2.25. The molecule has 0 aliphatic carbocycles. The third kappa shape index (κ3) is 4.09. The van der Waals surface area contributed by atoms with Crippen LogP contribution in [0.2, 0.25) is 0 Å². The molecule has 7 heteroatoms. The zero-order valence-electron chi connectivity index (χ0n) is 17.0. The number of hydrogen-bond donors (Lipinski definition) is 4. The molecule has 4 N–H and O–H groups in total. The lowest BCUT2D eigenvalue weighted by atomic mass is 10.0. The number of H-pyrrole nitrogens is 1. The highest BCUT2D eigenvalue weighted by Gasteiger charge is 2.32. The van der Waals surface area contributed by atoms with E-state index in [4.69, 9.17) is 0 Å². The normalized spacial score (nSPS) is 24.9. The van der Waals surface area contributed by atoms with Gasteiger partial charge in [0.15, 0.2) is 0 Å². The highest BCUT2D eigenvalue weighted by atomic mass is 16.1. The summed E-state index contributed by atoms with van der Waals surface area (Å²) in [4.78, 5) is 22.5. The molecule has 2 fully saturated rings. The van der Waals surface area contributed by atoms with Crippen LogP contribution in [0.15, 0.2) is 55.0 Å². The van der Waals surface area contributed by atoms with Gasteiger partial charge in [0.1, 0.15) is 0 Å². The van der Waals surface area contributed by atoms with Crippen molar-refractivity contribution in [2.45, 2.75) is 43.9 Å². The van der Waals surface area contributed by atoms with Gasteiger partial charge in [0.2, 0.25) is 5.91 Å². The van der Waals surface area contributed by atoms with E-state index in [0.717, 1.165) is 48.8 Å². The number of nitrogens with one attached hydrogen (secondary N) is 4. The Morgan fingerprint density at radius 3 is 2.93 bits per heavy atom. The number of para-hydroxylation sites is 1. The number of pyridine rings is 1. The molecule has 2 aromatic heterocycles. The number of hydrazine groups is 1. The van der Waals surface area contributed by atoms with Crippen LogP contribution in [-0.2, 0) is 11.2 Å². The van der Waals surface area contributed by atoms with Crippen LogP contribution in [0, 0.1) is 0 Å². The van der Waals surface area contributed by atoms with Crippen molar-refractivity contribution < 1.29 is 4.79 Å². The Balaban J connectivity index is 1.16. The van der Waals surface area contributed by atoms with E-state index in [1.165, 1.54) is 5.56 Å². The summed E-state index contributed by atoms with van der Waals surface area (Å²) in [5.41, 5.74) is 10.2. The quantitative estimate of drug-likeness (QED) is 0.524. The van der Waals surface area contributed by atoms with Gasteiger partial charge in [-0.1, -0.05) is 18.2 Å². The molecular formula is C23H28N6O. The number of piperidine rings is 1. The molecule has 156 valence electrons. The van der Waals surface area contributed by atoms with Crippen LogP contribution < -0.4 is 16.2 Å². The lowest BCUT2D eigenvalue weighted by Crippen LogP contribution is -2.54. The van der Waals surface area contributed by atoms with Crippen molar-refractivity contribution in [1.82, 2.24) is 31.0 Å². The third-order valence-corrected chi connectivity index (χ3v) is 6.28. The van der Waals surface area contributed by atoms with Crippen LogP contribution in [-0.4, -0.2) is 46.1 Å². The second-order valence-corrected chi connectivity index (χ2v) is 8.31. The molecule has 2 aliphatic heterocycles. The van der Waals surface area contributed by atoms with Gasteiger partial charge in [-0.2, -0.15) is 0 Å². The molecule has 1 amide bonds. The maximum atomic E-state index is 12.7. The molecule has 3 aromatic rings. The zero-order valence-corrected chi connectivity index (χ0v) is 17.0. The van der Waals surface area contributed by atoms with Gasteiger partial charge in [0, 0.05) is 48.1 Å². The van der Waals surface area contributed by atoms with E-state index in [-0.39, 0.29) is 24.2 Å². The van der Waals surface area contributed by atoms with Crippen LogP contribution in [0.25, 0.3) is 10.9 Å². The van der Waals surface area contributed by atoms with E-state index in [1.54, 1.807) is 0 Å². The Kier molecular flexibility index (Phi) is 5.48. The van der Waals surface area contributed by atoms with E-state index in [1.807, 2.05) is 36.8 Å². The monoisotopic (exact) mass is 404 g/mol. The summed E-state index contributed by atoms with van der Waals surface area (Å²) in [6.45, 7) is 1.93. The molecular weight excluding hydrogens is 376 g/mol. The molecule has 5 rings (SSSR count). The largest absolute Gasteiger partial charge is 0.361 e. The van der Waals surface area contributed by atoms with Gasteiger partial charge in [-0.3, -0.25) is 14.7 Å². The van der Waals surface area contributed by atoms with Crippen molar-refractivity contribution in [2.75, 3.05) is 13.1 Å². The van der Waals surface area contributed by atoms with E-state index >= 15 is 0 Å². The van der Waals surface area contributed by atoms with Gasteiger partial charge in [-0.05, 0) is 55.1 Å². The molecule has 2 saturated heterocycles. The molecule has 0 saturated carbocycles. The number of benzene rings is 1. The number of hydrogen-bond acceptors (Lipinski definition) is 5. The molecule has 3 atom stereocenters. The van der Waals surface area contributed by atoms with Crippen molar-refractivity contribution in [3.8, 4) is 0 Å². The van der Waals surface area contributed by atoms with Crippen LogP contribution >= 0.6 is 0 Å². The maximum absolute atomic E-state index is 12.7. The fourth-order valence-electron chi connectivity index (χ4n) is 4.73. The Bertz CT molecular complexity index is 1000. The molecule has 30 heavy (non-hydrogen) atoms. The zero-order chi connectivity index (χ0) is 20.3. The molecule has 0 bridgehead atoms. The first kappa shape index (κ1) is 19.2. The van der Waals surface area contributed by atoms with Crippen LogP contribution in [0.3, 0.4) is 0 Å². The number of rotatable bonds is 5. The van der Waals surface area contributed by atoms with Crippen molar-refractivity contribution in [3.05, 3.63) is 66.1 Å². The summed E-state index contributed by atoms with van der Waals surface area (Å²) in [6, 6.07) is 12.7. The topological polar surface area (TPSA) is 85.1 Å². The Morgan fingerprint density at radius 2 is 2.03 bits per heavy atom. The average Bonchev–Trinajstić information content (AvgIpc) is 3.43. The van der Waals surface area contributed by atoms with Gasteiger partial charge in [0.25, 0.3) is 0 Å². The molecule has 2 aliphatic rings. The van der Waals surface area contributed by atoms with Gasteiger partial charge in [-0.15, -0.1) is 0 Å². The maximum Gasteiger partial charge on any atom is 0.224 e. The third-order valence-electron chi connectivity index (χ3n) is 6.28. The predicted octanol–water partition coefficient (Wildman–Crippen LogP) is 2.25. The van der Waals surface area contributed by atoms with Crippen molar-refractivity contribution >= 4 is 16.8 Å². The average molecular weight is 405 g/mol. The lowest BCUT2D eigenvalue weighted by Gasteiger charge is -2.36. The summed E-state index contributed by atoms with van der Waals surface area (Å²) < 4.78 is 0. The number of fused-ring (bicyclic) bond motifs is 1. The first-order valence-electron chi connectivity index (χ1n) is 10.8. The summed E-state index contributed by atoms with van der Waals surface area (Å²) in [7, 11) is 0. The van der Waals surface area contributed by atoms with Crippen molar-refractivity contribution in [2.24, 2.45) is 0 Å². The molecule has 3 unspecified atom stereocenters. The van der Waals surface area contributed by atoms with Crippen LogP contribution in [0.1, 0.15) is 36.4 Å². The van der Waals surface area contributed by atoms with E-state index in [9.17, 15) is 4.79 Å². The number of amides is 1. The molecule has 1 aromatic carbocycles. The molecule has 0 spiro atoms. The minimum absolute atomic E-state index is 0.0961. The Morgan fingerprint density at radius 1 is 1.17 bits per heavy atom. The molecule has 7 nitrogen and oxygen atoms in total. The Labute approximate surface area is 176 Å². The lowest BCUT2D eigenvalue weighted by molar-refractivity contribution is -0.121. The predicted molar refractivity (Wildman–Crippen MR) is 116 cm³/mol. The van der Waals surface area contributed by atoms with Crippen LogP contribution in [0.4, 0.5) is 0 Å². The molecule has 0 radical (unpaired) electrons. The second kappa shape index (κ2) is 8.55. The number of likely N-dealkylation sites (tertiary alicyclic amines) is 1. The number of aromatic nitrogens is 2. The Hall–Kier alpha value is -2.74. The summed E-state index contributed by atoms with van der Waals surface area (Å²) >= 11 is 0. The SMILES string of the molecule is O=C(Cc1c[nH]c2ccccc12)NC1CCCN(C2CC(c3ccncc3)NN2)C1. The highest BCUT2D eigenvalue weighted by molar-refractivity contribution is 5.88. The standard InChI is InChI=1S/C23H28N6O/c30-23(12-17-14-25-20-6-2-1-5-19(17)20)26-18-4-3-11-29(15-18)22-13-21(27-28-22)16-7-9-24-10-8-16/h1-2,5-10,14,18,21-22,25,27-28H,3-4,11-13,15H2,(H,26,30). The van der Waals surface area contributed by atoms with Gasteiger partial charge in [-0.25, -0.2) is 10.9 Å². The van der Waals surface area contributed by atoms with Gasteiger partial charge >= 0.3 is 0 Å². The number of aromatic amines is 1. The summed E-state index contributed by atoms with van der Waals surface area (Å²) in [6.07, 6.45) is 9.44. The van der Waals surface area contributed by atoms with Crippen molar-refractivity contribution in [3.63, 3.8) is 0 Å². The van der Waals surface area contributed by atoms with Crippen LogP contribution in [0.5, 0.6) is 0 Å². The minimum Gasteiger partial charge on any atom is -0.361 e. The second-order valence-electron chi connectivity index (χ2n) is 8.31. The first-order valence-corrected chi connectivity index (χ1v) is 10.8. The number of carbonyl (C=O) groups excluding carboxylic acids is 1. The van der Waals surface area contributed by atoms with E-state index < -0.39 is 0 Å². The van der Waals surface area contributed by atoms with Crippen molar-refractivity contribution in [1.29, 1.82) is 0 Å². The van der Waals surface area contributed by atoms with E-state index in [2.05, 4.69) is 49.2 Å². The summed E-state index contributed by atoms with van der Waals surface area (Å²) in [5.74, 6) is 0.0961. The first-order chi connectivity index (χ1) is 14.8. The molecule has 4 heterocycles. The number of carbonyl (C=O) groups is 1. The summed E-state index contributed by atoms with van der Waals surface area (Å²) in [5, 5.41) is 4.39. The fraction of sp³-hybridized carbons (Fsp3) is 0.391. The smallest absolute Gasteiger partial charge is 0.224 e. The number of nitrogens with zero attached hydrogens (tertiary/aromatic N) is 2. The van der Waals surface area contributed by atoms with E-state index in [0.29, 0.717) is 6.42 Å². The fourth-order valence-corrected chi connectivity index (χ4v) is 4.73. The van der Waals surface area contributed by atoms with Gasteiger partial charge < -0.3 is 10.3 Å². The van der Waals surface area contributed by atoms with Gasteiger partial charge in [0.05, 0.1) is 12.6 Å². The minimum atomic E-state index is 0.0961.